The fraction of sp³-hybridized carbons (Fsp3) is 0.190. The number of rotatable bonds is 4. The molecule has 142 valence electrons. The van der Waals surface area contributed by atoms with E-state index in [-0.39, 0.29) is 11.8 Å². The van der Waals surface area contributed by atoms with Gasteiger partial charge in [0.05, 0.1) is 29.5 Å². The van der Waals surface area contributed by atoms with Crippen LogP contribution in [0, 0.1) is 6.92 Å². The van der Waals surface area contributed by atoms with Gasteiger partial charge in [-0.1, -0.05) is 35.9 Å². The van der Waals surface area contributed by atoms with Crippen LogP contribution in [0.15, 0.2) is 54.6 Å². The van der Waals surface area contributed by atoms with Crippen LogP contribution in [0.25, 0.3) is 0 Å². The summed E-state index contributed by atoms with van der Waals surface area (Å²) in [7, 11) is 0. The van der Waals surface area contributed by atoms with Gasteiger partial charge in [0.15, 0.2) is 0 Å². The van der Waals surface area contributed by atoms with Gasteiger partial charge in [-0.15, -0.1) is 0 Å². The fourth-order valence-corrected chi connectivity index (χ4v) is 3.43. The van der Waals surface area contributed by atoms with Crippen LogP contribution >= 0.6 is 11.6 Å². The molecule has 0 saturated heterocycles. The Morgan fingerprint density at radius 1 is 1.18 bits per heavy atom. The molecule has 7 heteroatoms. The molecule has 0 fully saturated rings. The number of nitrogens with one attached hydrogen (secondary N) is 1. The first-order valence-corrected chi connectivity index (χ1v) is 9.39. The molecular weight excluding hydrogens is 376 g/mol. The van der Waals surface area contributed by atoms with Crippen LogP contribution in [0.2, 0.25) is 5.02 Å². The maximum atomic E-state index is 12.4. The molecule has 6 nitrogen and oxygen atoms in total. The van der Waals surface area contributed by atoms with Crippen LogP contribution < -0.4 is 10.2 Å². The zero-order valence-corrected chi connectivity index (χ0v) is 16.1. The molecule has 0 spiro atoms. The van der Waals surface area contributed by atoms with Gasteiger partial charge in [-0.05, 0) is 36.8 Å². The van der Waals surface area contributed by atoms with Gasteiger partial charge in [0.25, 0.3) is 5.91 Å². The summed E-state index contributed by atoms with van der Waals surface area (Å²) in [5.74, 6) is 0.657. The molecule has 4 rings (SSSR count). The third-order valence-corrected chi connectivity index (χ3v) is 5.00. The van der Waals surface area contributed by atoms with Gasteiger partial charge >= 0.3 is 0 Å². The van der Waals surface area contributed by atoms with E-state index in [1.807, 2.05) is 41.9 Å². The van der Waals surface area contributed by atoms with Crippen LogP contribution in [0.5, 0.6) is 0 Å². The zero-order chi connectivity index (χ0) is 19.7. The Hall–Kier alpha value is -3.12. The first-order valence-electron chi connectivity index (χ1n) is 9.01. The summed E-state index contributed by atoms with van der Waals surface area (Å²) in [6.45, 7) is 2.97. The summed E-state index contributed by atoms with van der Waals surface area (Å²) in [6.07, 6.45) is 0.437. The van der Waals surface area contributed by atoms with Crippen LogP contribution in [0.3, 0.4) is 0 Å². The number of carbonyl (C=O) groups excluding carboxylic acids is 2. The van der Waals surface area contributed by atoms with Crippen molar-refractivity contribution in [2.75, 3.05) is 10.2 Å². The molecule has 1 aliphatic rings. The van der Waals surface area contributed by atoms with Crippen molar-refractivity contribution in [3.05, 3.63) is 76.4 Å². The van der Waals surface area contributed by atoms with E-state index in [4.69, 9.17) is 11.6 Å². The number of aryl methyl sites for hydroxylation is 2. The highest BCUT2D eigenvalue weighted by molar-refractivity contribution is 6.33. The summed E-state index contributed by atoms with van der Waals surface area (Å²) >= 11 is 6.09. The Bertz CT molecular complexity index is 1040. The number of hydrogen-bond donors (Lipinski definition) is 1. The van der Waals surface area contributed by atoms with Gasteiger partial charge in [-0.3, -0.25) is 14.5 Å². The minimum atomic E-state index is -0.234. The number of para-hydroxylation sites is 1. The summed E-state index contributed by atoms with van der Waals surface area (Å²) in [4.78, 5) is 26.6. The number of amides is 2. The van der Waals surface area contributed by atoms with Crippen LogP contribution in [-0.4, -0.2) is 21.6 Å². The standard InChI is InChI=1S/C21H19ClN4O2/c1-14-12-19-25(20(27)10-11-26(19)24-14)13-15-6-8-16(9-7-15)21(28)23-18-5-3-2-4-17(18)22/h2-9,12H,10-11,13H2,1H3,(H,23,28). The predicted octanol–water partition coefficient (Wildman–Crippen LogP) is 4.03. The van der Waals surface area contributed by atoms with Gasteiger partial charge < -0.3 is 5.32 Å². The maximum Gasteiger partial charge on any atom is 0.255 e. The van der Waals surface area contributed by atoms with Crippen molar-refractivity contribution in [3.8, 4) is 0 Å². The van der Waals surface area contributed by atoms with Gasteiger partial charge in [-0.2, -0.15) is 5.10 Å². The second-order valence-corrected chi connectivity index (χ2v) is 7.14. The van der Waals surface area contributed by atoms with Crippen LogP contribution in [0.1, 0.15) is 28.0 Å². The quantitative estimate of drug-likeness (QED) is 0.726. The van der Waals surface area contributed by atoms with Crippen molar-refractivity contribution in [2.45, 2.75) is 26.4 Å². The van der Waals surface area contributed by atoms with Crippen molar-refractivity contribution in [3.63, 3.8) is 0 Å². The van der Waals surface area contributed by atoms with Gasteiger partial charge in [0.2, 0.25) is 5.91 Å². The number of halogens is 1. The number of carbonyl (C=O) groups is 2. The molecule has 1 N–H and O–H groups in total. The second-order valence-electron chi connectivity index (χ2n) is 6.73. The number of aromatic nitrogens is 2. The highest BCUT2D eigenvalue weighted by atomic mass is 35.5. The van der Waals surface area contributed by atoms with Gasteiger partial charge in [0.1, 0.15) is 5.82 Å². The molecule has 2 amide bonds. The SMILES string of the molecule is Cc1cc2n(n1)CCC(=O)N2Cc1ccc(C(=O)Nc2ccccc2Cl)cc1. The van der Waals surface area contributed by atoms with Gasteiger partial charge in [0, 0.05) is 18.1 Å². The summed E-state index contributed by atoms with van der Waals surface area (Å²) < 4.78 is 1.86. The lowest BCUT2D eigenvalue weighted by Crippen LogP contribution is -2.36. The van der Waals surface area contributed by atoms with Crippen molar-refractivity contribution in [1.29, 1.82) is 0 Å². The smallest absolute Gasteiger partial charge is 0.255 e. The molecule has 0 radical (unpaired) electrons. The van der Waals surface area contributed by atoms with E-state index in [0.29, 0.717) is 35.8 Å². The summed E-state index contributed by atoms with van der Waals surface area (Å²) in [6, 6.07) is 16.2. The number of anilines is 2. The molecule has 28 heavy (non-hydrogen) atoms. The third kappa shape index (κ3) is 3.64. The number of fused-ring (bicyclic) bond motifs is 1. The van der Waals surface area contributed by atoms with E-state index in [1.54, 1.807) is 29.2 Å². The molecule has 0 saturated carbocycles. The molecule has 0 bridgehead atoms. The molecule has 2 heterocycles. The zero-order valence-electron chi connectivity index (χ0n) is 15.4. The monoisotopic (exact) mass is 394 g/mol. The van der Waals surface area contributed by atoms with E-state index in [9.17, 15) is 9.59 Å². The first-order chi connectivity index (χ1) is 13.5. The van der Waals surface area contributed by atoms with E-state index < -0.39 is 0 Å². The number of benzene rings is 2. The molecule has 0 atom stereocenters. The van der Waals surface area contributed by atoms with Crippen molar-refractivity contribution in [1.82, 2.24) is 9.78 Å². The van der Waals surface area contributed by atoms with E-state index in [1.165, 1.54) is 0 Å². The minimum absolute atomic E-state index is 0.0768. The topological polar surface area (TPSA) is 67.2 Å². The Morgan fingerprint density at radius 3 is 2.68 bits per heavy atom. The Labute approximate surface area is 167 Å². The molecule has 0 aliphatic carbocycles. The fourth-order valence-electron chi connectivity index (χ4n) is 3.25. The number of nitrogens with zero attached hydrogens (tertiary/aromatic N) is 3. The Balaban J connectivity index is 1.49. The van der Waals surface area contributed by atoms with Crippen molar-refractivity contribution >= 4 is 34.9 Å². The normalized spacial score (nSPS) is 13.4. The van der Waals surface area contributed by atoms with Crippen LogP contribution in [-0.2, 0) is 17.9 Å². The lowest BCUT2D eigenvalue weighted by atomic mass is 10.1. The van der Waals surface area contributed by atoms with Crippen molar-refractivity contribution in [2.24, 2.45) is 0 Å². The summed E-state index contributed by atoms with van der Waals surface area (Å²) in [5, 5.41) is 7.71. The van der Waals surface area contributed by atoms with E-state index in [2.05, 4.69) is 10.4 Å². The van der Waals surface area contributed by atoms with Crippen molar-refractivity contribution < 1.29 is 9.59 Å². The lowest BCUT2D eigenvalue weighted by Gasteiger charge is -2.27. The first kappa shape index (κ1) is 18.3. The molecule has 1 aromatic heterocycles. The molecule has 1 aliphatic heterocycles. The predicted molar refractivity (Wildman–Crippen MR) is 109 cm³/mol. The highest BCUT2D eigenvalue weighted by Crippen LogP contribution is 2.25. The second kappa shape index (κ2) is 7.48. The minimum Gasteiger partial charge on any atom is -0.321 e. The number of hydrogen-bond acceptors (Lipinski definition) is 3. The maximum absolute atomic E-state index is 12.4. The average molecular weight is 395 g/mol. The molecular formula is C21H19ClN4O2. The molecule has 0 unspecified atom stereocenters. The summed E-state index contributed by atoms with van der Waals surface area (Å²) in [5.41, 5.74) is 2.92. The van der Waals surface area contributed by atoms with E-state index >= 15 is 0 Å². The molecule has 2 aromatic carbocycles. The third-order valence-electron chi connectivity index (χ3n) is 4.67. The molecule has 3 aromatic rings. The van der Waals surface area contributed by atoms with E-state index in [0.717, 1.165) is 17.1 Å². The average Bonchev–Trinajstić information content (AvgIpc) is 3.07. The Morgan fingerprint density at radius 2 is 1.93 bits per heavy atom. The highest BCUT2D eigenvalue weighted by Gasteiger charge is 2.25. The van der Waals surface area contributed by atoms with Crippen LogP contribution in [0.4, 0.5) is 11.5 Å². The lowest BCUT2D eigenvalue weighted by molar-refractivity contribution is -0.119. The van der Waals surface area contributed by atoms with Gasteiger partial charge in [-0.25, -0.2) is 4.68 Å². The largest absolute Gasteiger partial charge is 0.321 e. The Kier molecular flexibility index (Phi) is 4.88.